The van der Waals surface area contributed by atoms with Crippen molar-refractivity contribution in [3.8, 4) is 22.8 Å². The Labute approximate surface area is 232 Å². The van der Waals surface area contributed by atoms with Gasteiger partial charge in [0.1, 0.15) is 28.9 Å². The van der Waals surface area contributed by atoms with Gasteiger partial charge in [-0.3, -0.25) is 19.3 Å². The SMILES string of the molecule is CCOC(=O)c1nc(-c2cc(-n3c(C)cc(OCc4ncc(F)cc4F)c(Cl)c3=O)c(C)cn2)cc(C2CC2)n1. The number of hydrogen-bond acceptors (Lipinski definition) is 8. The van der Waals surface area contributed by atoms with Crippen LogP contribution in [0.5, 0.6) is 5.75 Å². The van der Waals surface area contributed by atoms with E-state index in [0.29, 0.717) is 34.4 Å². The van der Waals surface area contributed by atoms with Crippen molar-refractivity contribution in [1.29, 1.82) is 0 Å². The maximum atomic E-state index is 14.0. The molecule has 0 saturated heterocycles. The van der Waals surface area contributed by atoms with Gasteiger partial charge in [-0.25, -0.2) is 23.5 Å². The van der Waals surface area contributed by atoms with Gasteiger partial charge in [0.15, 0.2) is 5.82 Å². The average molecular weight is 568 g/mol. The largest absolute Gasteiger partial charge is 0.485 e. The first-order valence-corrected chi connectivity index (χ1v) is 12.9. The van der Waals surface area contributed by atoms with Crippen molar-refractivity contribution in [3.05, 3.63) is 92.1 Å². The van der Waals surface area contributed by atoms with Crippen LogP contribution in [0.4, 0.5) is 8.78 Å². The predicted octanol–water partition coefficient (Wildman–Crippen LogP) is 5.27. The molecule has 1 aliphatic carbocycles. The van der Waals surface area contributed by atoms with Gasteiger partial charge in [0.25, 0.3) is 5.56 Å². The molecule has 0 aliphatic heterocycles. The summed E-state index contributed by atoms with van der Waals surface area (Å²) >= 11 is 6.39. The number of ether oxygens (including phenoxy) is 2. The summed E-state index contributed by atoms with van der Waals surface area (Å²) < 4.78 is 39.2. The lowest BCUT2D eigenvalue weighted by Crippen LogP contribution is -2.23. The minimum absolute atomic E-state index is 0.0295. The van der Waals surface area contributed by atoms with Crippen molar-refractivity contribution >= 4 is 17.6 Å². The van der Waals surface area contributed by atoms with E-state index in [9.17, 15) is 18.4 Å². The molecule has 12 heteroatoms. The summed E-state index contributed by atoms with van der Waals surface area (Å²) in [6.07, 6.45) is 4.41. The molecule has 206 valence electrons. The van der Waals surface area contributed by atoms with Gasteiger partial charge in [0, 0.05) is 35.6 Å². The molecular formula is C28H24ClF2N5O4. The summed E-state index contributed by atoms with van der Waals surface area (Å²) in [6, 6.07) is 5.72. The Hall–Kier alpha value is -4.25. The van der Waals surface area contributed by atoms with Crippen LogP contribution >= 0.6 is 11.6 Å². The molecule has 0 bridgehead atoms. The van der Waals surface area contributed by atoms with Crippen LogP contribution in [0.25, 0.3) is 17.1 Å². The minimum atomic E-state index is -0.873. The number of rotatable bonds is 8. The molecule has 0 radical (unpaired) electrons. The highest BCUT2D eigenvalue weighted by Crippen LogP contribution is 2.40. The number of hydrogen-bond donors (Lipinski definition) is 0. The third-order valence-corrected chi connectivity index (χ3v) is 6.67. The van der Waals surface area contributed by atoms with Crippen LogP contribution in [-0.4, -0.2) is 37.1 Å². The van der Waals surface area contributed by atoms with Crippen LogP contribution in [0.1, 0.15) is 58.9 Å². The van der Waals surface area contributed by atoms with Crippen molar-refractivity contribution in [2.45, 2.75) is 46.1 Å². The van der Waals surface area contributed by atoms with E-state index in [0.717, 1.165) is 24.7 Å². The number of carbonyl (C=O) groups excluding carboxylic acids is 1. The zero-order chi connectivity index (χ0) is 28.6. The van der Waals surface area contributed by atoms with E-state index in [1.807, 2.05) is 0 Å². The van der Waals surface area contributed by atoms with Crippen LogP contribution in [0.3, 0.4) is 0 Å². The highest BCUT2D eigenvalue weighted by Gasteiger charge is 2.28. The van der Waals surface area contributed by atoms with Crippen molar-refractivity contribution in [1.82, 2.24) is 24.5 Å². The van der Waals surface area contributed by atoms with E-state index in [2.05, 4.69) is 19.9 Å². The molecule has 5 rings (SSSR count). The maximum Gasteiger partial charge on any atom is 0.376 e. The minimum Gasteiger partial charge on any atom is -0.485 e. The molecule has 9 nitrogen and oxygen atoms in total. The van der Waals surface area contributed by atoms with Gasteiger partial charge < -0.3 is 9.47 Å². The number of esters is 1. The molecule has 0 unspecified atom stereocenters. The fourth-order valence-electron chi connectivity index (χ4n) is 4.15. The third kappa shape index (κ3) is 5.55. The standard InChI is InChI=1S/C28H24ClF2N5O4/c1-4-39-28(38)26-34-19(16-5-6-16)9-21(35-26)20-10-23(14(2)11-32-20)36-15(3)7-24(25(29)27(36)37)40-13-22-18(31)8-17(30)12-33-22/h7-12,16H,4-6,13H2,1-3H3. The Morgan fingerprint density at radius 3 is 2.55 bits per heavy atom. The van der Waals surface area contributed by atoms with E-state index in [1.165, 1.54) is 4.57 Å². The van der Waals surface area contributed by atoms with Crippen LogP contribution in [0.2, 0.25) is 5.02 Å². The Balaban J connectivity index is 1.52. The first-order valence-electron chi connectivity index (χ1n) is 12.5. The van der Waals surface area contributed by atoms with Crippen LogP contribution in [-0.2, 0) is 11.3 Å². The van der Waals surface area contributed by atoms with E-state index in [-0.39, 0.29) is 41.4 Å². The quantitative estimate of drug-likeness (QED) is 0.265. The molecule has 0 atom stereocenters. The van der Waals surface area contributed by atoms with E-state index in [1.54, 1.807) is 45.2 Å². The molecule has 4 heterocycles. The Morgan fingerprint density at radius 1 is 1.07 bits per heavy atom. The highest BCUT2D eigenvalue weighted by molar-refractivity contribution is 6.31. The molecule has 1 aliphatic rings. The first kappa shape index (κ1) is 27.3. The van der Waals surface area contributed by atoms with Crippen molar-refractivity contribution in [2.24, 2.45) is 0 Å². The smallest absolute Gasteiger partial charge is 0.376 e. The Morgan fingerprint density at radius 2 is 1.85 bits per heavy atom. The zero-order valence-corrected chi connectivity index (χ0v) is 22.6. The maximum absolute atomic E-state index is 14.0. The van der Waals surface area contributed by atoms with Crippen LogP contribution in [0.15, 0.2) is 41.5 Å². The van der Waals surface area contributed by atoms with E-state index < -0.39 is 23.2 Å². The second-order valence-electron chi connectivity index (χ2n) is 9.33. The average Bonchev–Trinajstić information content (AvgIpc) is 3.77. The van der Waals surface area contributed by atoms with Crippen molar-refractivity contribution in [2.75, 3.05) is 6.61 Å². The summed E-state index contributed by atoms with van der Waals surface area (Å²) in [7, 11) is 0. The summed E-state index contributed by atoms with van der Waals surface area (Å²) in [6.45, 7) is 5.02. The molecule has 0 N–H and O–H groups in total. The van der Waals surface area contributed by atoms with Gasteiger partial charge in [0.2, 0.25) is 5.82 Å². The topological polar surface area (TPSA) is 109 Å². The molecule has 1 saturated carbocycles. The lowest BCUT2D eigenvalue weighted by molar-refractivity contribution is 0.0511. The Bertz CT molecular complexity index is 1690. The Kier molecular flexibility index (Phi) is 7.57. The second kappa shape index (κ2) is 11.1. The molecule has 4 aromatic rings. The number of halogens is 3. The van der Waals surface area contributed by atoms with Gasteiger partial charge in [-0.05, 0) is 51.3 Å². The zero-order valence-electron chi connectivity index (χ0n) is 21.9. The second-order valence-corrected chi connectivity index (χ2v) is 9.71. The highest BCUT2D eigenvalue weighted by atomic mass is 35.5. The molecular weight excluding hydrogens is 544 g/mol. The summed E-state index contributed by atoms with van der Waals surface area (Å²) in [5.41, 5.74) is 2.54. The molecule has 4 aromatic heterocycles. The molecule has 0 aromatic carbocycles. The molecule has 1 fully saturated rings. The van der Waals surface area contributed by atoms with Gasteiger partial charge in [-0.2, -0.15) is 0 Å². The van der Waals surface area contributed by atoms with Crippen LogP contribution < -0.4 is 10.3 Å². The van der Waals surface area contributed by atoms with Crippen LogP contribution in [0, 0.1) is 25.5 Å². The number of nitrogens with zero attached hydrogens (tertiary/aromatic N) is 5. The lowest BCUT2D eigenvalue weighted by atomic mass is 10.1. The van der Waals surface area contributed by atoms with Gasteiger partial charge >= 0.3 is 5.97 Å². The summed E-state index contributed by atoms with van der Waals surface area (Å²) in [5, 5.41) is -0.228. The van der Waals surface area contributed by atoms with E-state index >= 15 is 0 Å². The third-order valence-electron chi connectivity index (χ3n) is 6.33. The number of carbonyl (C=O) groups is 1. The molecule has 0 spiro atoms. The lowest BCUT2D eigenvalue weighted by Gasteiger charge is -2.17. The fraction of sp³-hybridized carbons (Fsp3) is 0.286. The predicted molar refractivity (Wildman–Crippen MR) is 142 cm³/mol. The summed E-state index contributed by atoms with van der Waals surface area (Å²) in [5.74, 6) is -2.08. The monoisotopic (exact) mass is 567 g/mol. The number of pyridine rings is 3. The van der Waals surface area contributed by atoms with Crippen molar-refractivity contribution < 1.29 is 23.0 Å². The van der Waals surface area contributed by atoms with Gasteiger partial charge in [-0.1, -0.05) is 11.6 Å². The normalized spacial score (nSPS) is 12.8. The fourth-order valence-corrected chi connectivity index (χ4v) is 4.34. The first-order chi connectivity index (χ1) is 19.2. The summed E-state index contributed by atoms with van der Waals surface area (Å²) in [4.78, 5) is 42.8. The molecule has 40 heavy (non-hydrogen) atoms. The number of aromatic nitrogens is 5. The van der Waals surface area contributed by atoms with E-state index in [4.69, 9.17) is 21.1 Å². The van der Waals surface area contributed by atoms with Crippen molar-refractivity contribution in [3.63, 3.8) is 0 Å². The van der Waals surface area contributed by atoms with Gasteiger partial charge in [-0.15, -0.1) is 0 Å². The molecule has 0 amide bonds. The number of aryl methyl sites for hydroxylation is 2. The van der Waals surface area contributed by atoms with Gasteiger partial charge in [0.05, 0.1) is 29.9 Å².